The van der Waals surface area contributed by atoms with Crippen molar-refractivity contribution in [1.29, 1.82) is 0 Å². The number of halogens is 1. The maximum atomic E-state index is 11.9. The molecule has 0 aliphatic carbocycles. The van der Waals surface area contributed by atoms with E-state index in [1.54, 1.807) is 66.7 Å². The summed E-state index contributed by atoms with van der Waals surface area (Å²) >= 11 is 0. The Morgan fingerprint density at radius 3 is 1.39 bits per heavy atom. The molecule has 3 aromatic rings. The molecule has 0 saturated heterocycles. The van der Waals surface area contributed by atoms with Gasteiger partial charge in [0.05, 0.1) is 11.1 Å². The van der Waals surface area contributed by atoms with Crippen LogP contribution >= 0.6 is 12.4 Å². The van der Waals surface area contributed by atoms with Gasteiger partial charge in [-0.3, -0.25) is 0 Å². The highest BCUT2D eigenvalue weighted by Crippen LogP contribution is 2.27. The van der Waals surface area contributed by atoms with Gasteiger partial charge in [0, 0.05) is 11.4 Å². The molecule has 0 aliphatic heterocycles. The summed E-state index contributed by atoms with van der Waals surface area (Å²) in [7, 11) is 0. The second-order valence-electron chi connectivity index (χ2n) is 6.56. The second kappa shape index (κ2) is 10.1. The summed E-state index contributed by atoms with van der Waals surface area (Å²) in [6, 6.07) is 20.2. The van der Waals surface area contributed by atoms with Crippen molar-refractivity contribution in [3.05, 3.63) is 95.1 Å². The lowest BCUT2D eigenvalue weighted by Gasteiger charge is -2.09. The Labute approximate surface area is 185 Å². The Bertz CT molecular complexity index is 1100. The number of aliphatic carboxylic acids is 2. The van der Waals surface area contributed by atoms with Gasteiger partial charge in [-0.25, -0.2) is 9.59 Å². The van der Waals surface area contributed by atoms with E-state index in [1.165, 1.54) is 18.2 Å². The summed E-state index contributed by atoms with van der Waals surface area (Å²) in [5, 5.41) is 19.5. The van der Waals surface area contributed by atoms with Gasteiger partial charge < -0.3 is 21.7 Å². The number of anilines is 2. The monoisotopic (exact) mass is 436 g/mol. The molecule has 3 rings (SSSR count). The third-order valence-electron chi connectivity index (χ3n) is 4.54. The fraction of sp³-hybridized carbons (Fsp3) is 0. The molecule has 158 valence electrons. The van der Waals surface area contributed by atoms with Gasteiger partial charge in [0.15, 0.2) is 0 Å². The lowest BCUT2D eigenvalue weighted by Crippen LogP contribution is -2.04. The number of hydrogen-bond acceptors (Lipinski definition) is 4. The minimum atomic E-state index is -1.15. The Morgan fingerprint density at radius 2 is 1.03 bits per heavy atom. The van der Waals surface area contributed by atoms with Gasteiger partial charge in [0.25, 0.3) is 0 Å². The van der Waals surface area contributed by atoms with E-state index in [0.29, 0.717) is 33.6 Å². The van der Waals surface area contributed by atoms with E-state index < -0.39 is 11.9 Å². The van der Waals surface area contributed by atoms with Crippen molar-refractivity contribution in [1.82, 2.24) is 0 Å². The fourth-order valence-corrected chi connectivity index (χ4v) is 2.99. The first-order chi connectivity index (χ1) is 14.4. The molecule has 0 heterocycles. The van der Waals surface area contributed by atoms with Gasteiger partial charge in [-0.2, -0.15) is 0 Å². The lowest BCUT2D eigenvalue weighted by atomic mass is 9.96. The molecule has 6 N–H and O–H groups in total. The highest BCUT2D eigenvalue weighted by atomic mass is 35.5. The molecule has 0 spiro atoms. The number of rotatable bonds is 6. The van der Waals surface area contributed by atoms with E-state index in [0.717, 1.165) is 0 Å². The number of nitrogens with two attached hydrogens (primary N) is 2. The molecule has 31 heavy (non-hydrogen) atoms. The first-order valence-electron chi connectivity index (χ1n) is 9.06. The molecule has 0 aliphatic rings. The zero-order valence-electron chi connectivity index (χ0n) is 16.4. The normalized spacial score (nSPS) is 11.5. The molecule has 0 saturated carbocycles. The van der Waals surface area contributed by atoms with Crippen molar-refractivity contribution in [2.24, 2.45) is 0 Å². The zero-order valence-corrected chi connectivity index (χ0v) is 17.2. The number of hydrogen-bond donors (Lipinski definition) is 4. The van der Waals surface area contributed by atoms with Crippen LogP contribution in [0.15, 0.2) is 72.8 Å². The lowest BCUT2D eigenvalue weighted by molar-refractivity contribution is -0.131. The summed E-state index contributed by atoms with van der Waals surface area (Å²) in [4.78, 5) is 23.8. The number of carboxylic acid groups (broad SMARTS) is 2. The maximum absolute atomic E-state index is 11.9. The summed E-state index contributed by atoms with van der Waals surface area (Å²) in [5.41, 5.74) is 14.6. The molecule has 6 nitrogen and oxygen atoms in total. The van der Waals surface area contributed by atoms with E-state index in [1.807, 2.05) is 0 Å². The Morgan fingerprint density at radius 1 is 0.645 bits per heavy atom. The molecule has 0 atom stereocenters. The Kier molecular flexibility index (Phi) is 7.60. The van der Waals surface area contributed by atoms with E-state index in [-0.39, 0.29) is 23.6 Å². The Hall–Kier alpha value is -4.03. The molecule has 0 bridgehead atoms. The third-order valence-corrected chi connectivity index (χ3v) is 4.54. The first kappa shape index (κ1) is 23.3. The van der Waals surface area contributed by atoms with E-state index in [4.69, 9.17) is 11.5 Å². The molecule has 0 aromatic heterocycles. The van der Waals surface area contributed by atoms with Crippen LogP contribution in [-0.4, -0.2) is 22.2 Å². The van der Waals surface area contributed by atoms with Crippen molar-refractivity contribution in [3.63, 3.8) is 0 Å². The highest BCUT2D eigenvalue weighted by Gasteiger charge is 2.16. The molecule has 0 amide bonds. The number of benzene rings is 3. The number of para-hydroxylation sites is 2. The quantitative estimate of drug-likeness (QED) is 0.255. The van der Waals surface area contributed by atoms with Crippen LogP contribution in [-0.2, 0) is 9.59 Å². The number of carboxylic acids is 2. The van der Waals surface area contributed by atoms with Gasteiger partial charge in [-0.05, 0) is 52.6 Å². The molecule has 3 aromatic carbocycles. The molecule has 0 fully saturated rings. The van der Waals surface area contributed by atoms with Crippen molar-refractivity contribution in [2.45, 2.75) is 0 Å². The first-order valence-corrected chi connectivity index (χ1v) is 9.06. The number of nitrogen functional groups attached to an aromatic ring is 2. The van der Waals surface area contributed by atoms with Crippen LogP contribution in [0.3, 0.4) is 0 Å². The molecular formula is C24H21ClN2O4. The van der Waals surface area contributed by atoms with Crippen molar-refractivity contribution < 1.29 is 19.8 Å². The zero-order chi connectivity index (χ0) is 21.7. The van der Waals surface area contributed by atoms with Crippen LogP contribution < -0.4 is 11.5 Å². The minimum absolute atomic E-state index is 0. The van der Waals surface area contributed by atoms with Crippen LogP contribution in [0.1, 0.15) is 22.3 Å². The van der Waals surface area contributed by atoms with Crippen LogP contribution in [0.2, 0.25) is 0 Å². The SMILES string of the molecule is Cl.Nc1ccccc1/C=C(/C(=O)O)c1cccc(/C(=C\c2ccccc2N)C(=O)O)c1. The number of carbonyl (C=O) groups is 2. The topological polar surface area (TPSA) is 127 Å². The van der Waals surface area contributed by atoms with Gasteiger partial charge in [-0.15, -0.1) is 12.4 Å². The van der Waals surface area contributed by atoms with Crippen LogP contribution in [0.4, 0.5) is 11.4 Å². The smallest absolute Gasteiger partial charge is 0.336 e. The van der Waals surface area contributed by atoms with Gasteiger partial charge in [0.1, 0.15) is 0 Å². The maximum Gasteiger partial charge on any atom is 0.336 e. The summed E-state index contributed by atoms with van der Waals surface area (Å²) < 4.78 is 0. The van der Waals surface area contributed by atoms with Gasteiger partial charge in [-0.1, -0.05) is 54.6 Å². The van der Waals surface area contributed by atoms with Crippen LogP contribution in [0, 0.1) is 0 Å². The van der Waals surface area contributed by atoms with Crippen LogP contribution in [0.25, 0.3) is 23.3 Å². The average Bonchev–Trinajstić information content (AvgIpc) is 2.72. The third kappa shape index (κ3) is 5.52. The largest absolute Gasteiger partial charge is 0.478 e. The van der Waals surface area contributed by atoms with Crippen molar-refractivity contribution in [2.75, 3.05) is 11.5 Å². The minimum Gasteiger partial charge on any atom is -0.478 e. The summed E-state index contributed by atoms with van der Waals surface area (Å²) in [6.45, 7) is 0. The second-order valence-corrected chi connectivity index (χ2v) is 6.56. The molecule has 0 unspecified atom stereocenters. The van der Waals surface area contributed by atoms with E-state index >= 15 is 0 Å². The summed E-state index contributed by atoms with van der Waals surface area (Å²) in [6.07, 6.45) is 2.94. The summed E-state index contributed by atoms with van der Waals surface area (Å²) in [5.74, 6) is -2.30. The van der Waals surface area contributed by atoms with Crippen molar-refractivity contribution in [3.8, 4) is 0 Å². The predicted octanol–water partition coefficient (Wildman–Crippen LogP) is 4.52. The molecule has 7 heteroatoms. The molecular weight excluding hydrogens is 416 g/mol. The van der Waals surface area contributed by atoms with E-state index in [2.05, 4.69) is 0 Å². The Balaban J connectivity index is 0.00000341. The average molecular weight is 437 g/mol. The predicted molar refractivity (Wildman–Crippen MR) is 126 cm³/mol. The highest BCUT2D eigenvalue weighted by molar-refractivity contribution is 6.23. The van der Waals surface area contributed by atoms with Gasteiger partial charge >= 0.3 is 11.9 Å². The molecule has 0 radical (unpaired) electrons. The van der Waals surface area contributed by atoms with Crippen LogP contribution in [0.5, 0.6) is 0 Å². The standard InChI is InChI=1S/C24H20N2O4.ClH/c25-21-10-3-1-6-17(21)13-19(23(27)28)15-8-5-9-16(12-15)20(24(29)30)14-18-7-2-4-11-22(18)26;/h1-14H,25-26H2,(H,27,28)(H,29,30);1H/b19-13+,20-14+;. The van der Waals surface area contributed by atoms with Crippen molar-refractivity contribution >= 4 is 59.0 Å². The fourth-order valence-electron chi connectivity index (χ4n) is 2.99. The van der Waals surface area contributed by atoms with E-state index in [9.17, 15) is 19.8 Å². The van der Waals surface area contributed by atoms with Gasteiger partial charge in [0.2, 0.25) is 0 Å².